The van der Waals surface area contributed by atoms with Gasteiger partial charge in [0, 0.05) is 6.54 Å². The third-order valence-corrected chi connectivity index (χ3v) is 3.59. The number of ether oxygens (including phenoxy) is 3. The Kier molecular flexibility index (Phi) is 7.11. The maximum absolute atomic E-state index is 11.2. The van der Waals surface area contributed by atoms with Crippen molar-refractivity contribution in [3.63, 3.8) is 0 Å². The van der Waals surface area contributed by atoms with Crippen LogP contribution in [0.25, 0.3) is 0 Å². The number of carboxylic acids is 1. The molecule has 0 aliphatic carbocycles. The van der Waals surface area contributed by atoms with Crippen molar-refractivity contribution in [3.05, 3.63) is 47.5 Å². The van der Waals surface area contributed by atoms with Crippen LogP contribution in [-0.4, -0.2) is 43.1 Å². The number of aliphatic hydroxyl groups is 1. The first-order valence-electron chi connectivity index (χ1n) is 8.23. The summed E-state index contributed by atoms with van der Waals surface area (Å²) in [5.41, 5.74) is 1.69. The van der Waals surface area contributed by atoms with E-state index in [2.05, 4.69) is 5.32 Å². The van der Waals surface area contributed by atoms with Crippen LogP contribution in [0.1, 0.15) is 22.8 Å². The molecule has 0 radical (unpaired) electrons. The minimum Gasteiger partial charge on any atom is -0.495 e. The SMILES string of the molecule is CCOc1cc(CNc2cc(C(=O)O)ccc2OC)ccc1OCCO. The lowest BCUT2D eigenvalue weighted by atomic mass is 10.1. The van der Waals surface area contributed by atoms with Crippen molar-refractivity contribution < 1.29 is 29.2 Å². The van der Waals surface area contributed by atoms with Crippen LogP contribution in [0.3, 0.4) is 0 Å². The summed E-state index contributed by atoms with van der Waals surface area (Å²) in [6.45, 7) is 2.93. The van der Waals surface area contributed by atoms with Gasteiger partial charge in [-0.3, -0.25) is 0 Å². The van der Waals surface area contributed by atoms with Crippen molar-refractivity contribution in [1.82, 2.24) is 0 Å². The van der Waals surface area contributed by atoms with Crippen LogP contribution >= 0.6 is 0 Å². The van der Waals surface area contributed by atoms with Crippen molar-refractivity contribution in [2.75, 3.05) is 32.2 Å². The Morgan fingerprint density at radius 1 is 1.08 bits per heavy atom. The smallest absolute Gasteiger partial charge is 0.335 e. The van der Waals surface area contributed by atoms with Crippen molar-refractivity contribution in [3.8, 4) is 17.2 Å². The largest absolute Gasteiger partial charge is 0.495 e. The number of carbonyl (C=O) groups is 1. The molecule has 0 aliphatic rings. The highest BCUT2D eigenvalue weighted by Crippen LogP contribution is 2.30. The molecule has 0 spiro atoms. The zero-order valence-electron chi connectivity index (χ0n) is 14.8. The zero-order valence-corrected chi connectivity index (χ0v) is 14.8. The molecule has 0 aliphatic heterocycles. The number of hydrogen-bond acceptors (Lipinski definition) is 6. The van der Waals surface area contributed by atoms with E-state index in [1.807, 2.05) is 19.1 Å². The van der Waals surface area contributed by atoms with Gasteiger partial charge in [0.25, 0.3) is 0 Å². The summed E-state index contributed by atoms with van der Waals surface area (Å²) in [4.78, 5) is 11.2. The number of aliphatic hydroxyl groups excluding tert-OH is 1. The average molecular weight is 361 g/mol. The van der Waals surface area contributed by atoms with Gasteiger partial charge in [0.05, 0.1) is 31.6 Å². The van der Waals surface area contributed by atoms with Crippen LogP contribution in [0.5, 0.6) is 17.2 Å². The molecule has 0 amide bonds. The number of hydrogen-bond donors (Lipinski definition) is 3. The molecular formula is C19H23NO6. The minimum absolute atomic E-state index is 0.0748. The lowest BCUT2D eigenvalue weighted by molar-refractivity contribution is 0.0697. The molecule has 0 fully saturated rings. The summed E-state index contributed by atoms with van der Waals surface area (Å²) < 4.78 is 16.3. The van der Waals surface area contributed by atoms with Crippen LogP contribution in [0.2, 0.25) is 0 Å². The summed E-state index contributed by atoms with van der Waals surface area (Å²) in [7, 11) is 1.53. The maximum atomic E-state index is 11.2. The second-order valence-electron chi connectivity index (χ2n) is 5.36. The molecule has 0 saturated heterocycles. The third-order valence-electron chi connectivity index (χ3n) is 3.59. The van der Waals surface area contributed by atoms with Crippen molar-refractivity contribution >= 4 is 11.7 Å². The number of benzene rings is 2. The molecule has 0 atom stereocenters. The molecule has 0 bridgehead atoms. The maximum Gasteiger partial charge on any atom is 0.335 e. The first-order chi connectivity index (χ1) is 12.6. The number of aromatic carboxylic acids is 1. The second-order valence-corrected chi connectivity index (χ2v) is 5.36. The van der Waals surface area contributed by atoms with Crippen LogP contribution in [0.15, 0.2) is 36.4 Å². The van der Waals surface area contributed by atoms with E-state index in [9.17, 15) is 4.79 Å². The molecule has 26 heavy (non-hydrogen) atoms. The van der Waals surface area contributed by atoms with Crippen molar-refractivity contribution in [1.29, 1.82) is 0 Å². The molecule has 2 aromatic carbocycles. The molecule has 7 heteroatoms. The lowest BCUT2D eigenvalue weighted by Gasteiger charge is -2.15. The molecular weight excluding hydrogens is 338 g/mol. The summed E-state index contributed by atoms with van der Waals surface area (Å²) in [6, 6.07) is 10.1. The van der Waals surface area contributed by atoms with Crippen LogP contribution < -0.4 is 19.5 Å². The standard InChI is InChI=1S/C19H23NO6/c1-3-25-18-10-13(4-6-17(18)26-9-8-21)12-20-15-11-14(19(22)23)5-7-16(15)24-2/h4-7,10-11,20-21H,3,8-9,12H2,1-2H3,(H,22,23). The van der Waals surface area contributed by atoms with Crippen molar-refractivity contribution in [2.24, 2.45) is 0 Å². The van der Waals surface area contributed by atoms with Gasteiger partial charge in [0.1, 0.15) is 12.4 Å². The highest BCUT2D eigenvalue weighted by molar-refractivity contribution is 5.89. The Morgan fingerprint density at radius 2 is 1.85 bits per heavy atom. The number of carboxylic acid groups (broad SMARTS) is 1. The van der Waals surface area contributed by atoms with Gasteiger partial charge in [-0.05, 0) is 42.8 Å². The van der Waals surface area contributed by atoms with E-state index in [1.54, 1.807) is 12.1 Å². The van der Waals surface area contributed by atoms with Gasteiger partial charge in [0.2, 0.25) is 0 Å². The summed E-state index contributed by atoms with van der Waals surface area (Å²) in [5, 5.41) is 21.2. The predicted molar refractivity (Wildman–Crippen MR) is 97.5 cm³/mol. The van der Waals surface area contributed by atoms with E-state index in [0.29, 0.717) is 36.1 Å². The molecule has 0 heterocycles. The third kappa shape index (κ3) is 5.03. The number of rotatable bonds is 10. The average Bonchev–Trinajstić information content (AvgIpc) is 2.65. The summed E-state index contributed by atoms with van der Waals surface area (Å²) in [5.74, 6) is 0.712. The molecule has 3 N–H and O–H groups in total. The second kappa shape index (κ2) is 9.53. The molecule has 0 aromatic heterocycles. The van der Waals surface area contributed by atoms with Gasteiger partial charge >= 0.3 is 5.97 Å². The normalized spacial score (nSPS) is 10.3. The Hall–Kier alpha value is -2.93. The Bertz CT molecular complexity index is 747. The van der Waals surface area contributed by atoms with E-state index in [-0.39, 0.29) is 18.8 Å². The van der Waals surface area contributed by atoms with E-state index in [0.717, 1.165) is 5.56 Å². The Balaban J connectivity index is 2.17. The quantitative estimate of drug-likeness (QED) is 0.599. The van der Waals surface area contributed by atoms with Gasteiger partial charge < -0.3 is 29.7 Å². The molecule has 2 aromatic rings. The minimum atomic E-state index is -1.00. The number of anilines is 1. The zero-order chi connectivity index (χ0) is 18.9. The van der Waals surface area contributed by atoms with Gasteiger partial charge in [-0.2, -0.15) is 0 Å². The Morgan fingerprint density at radius 3 is 2.50 bits per heavy atom. The van der Waals surface area contributed by atoms with E-state index in [4.69, 9.17) is 24.4 Å². The molecule has 7 nitrogen and oxygen atoms in total. The van der Waals surface area contributed by atoms with Gasteiger partial charge in [-0.15, -0.1) is 0 Å². The fourth-order valence-electron chi connectivity index (χ4n) is 2.38. The van der Waals surface area contributed by atoms with Crippen molar-refractivity contribution in [2.45, 2.75) is 13.5 Å². The van der Waals surface area contributed by atoms with Crippen LogP contribution in [0.4, 0.5) is 5.69 Å². The van der Waals surface area contributed by atoms with Gasteiger partial charge in [-0.1, -0.05) is 6.07 Å². The Labute approximate surface area is 152 Å². The molecule has 0 unspecified atom stereocenters. The van der Waals surface area contributed by atoms with E-state index < -0.39 is 5.97 Å². The van der Waals surface area contributed by atoms with Crippen LogP contribution in [-0.2, 0) is 6.54 Å². The highest BCUT2D eigenvalue weighted by atomic mass is 16.5. The molecule has 0 saturated carbocycles. The molecule has 2 rings (SSSR count). The predicted octanol–water partition coefficient (Wildman–Crippen LogP) is 2.78. The number of methoxy groups -OCH3 is 1. The first-order valence-corrected chi connectivity index (χ1v) is 8.23. The van der Waals surface area contributed by atoms with Gasteiger partial charge in [0.15, 0.2) is 11.5 Å². The fraction of sp³-hybridized carbons (Fsp3) is 0.316. The van der Waals surface area contributed by atoms with E-state index in [1.165, 1.54) is 19.2 Å². The highest BCUT2D eigenvalue weighted by Gasteiger charge is 2.10. The lowest BCUT2D eigenvalue weighted by Crippen LogP contribution is -2.06. The monoisotopic (exact) mass is 361 g/mol. The van der Waals surface area contributed by atoms with Crippen LogP contribution in [0, 0.1) is 0 Å². The summed E-state index contributed by atoms with van der Waals surface area (Å²) >= 11 is 0. The summed E-state index contributed by atoms with van der Waals surface area (Å²) in [6.07, 6.45) is 0. The molecule has 140 valence electrons. The topological polar surface area (TPSA) is 97.3 Å². The van der Waals surface area contributed by atoms with E-state index >= 15 is 0 Å². The fourth-order valence-corrected chi connectivity index (χ4v) is 2.38. The van der Waals surface area contributed by atoms with Gasteiger partial charge in [-0.25, -0.2) is 4.79 Å². The number of nitrogens with one attached hydrogen (secondary N) is 1. The first kappa shape index (κ1) is 19.4.